The minimum absolute atomic E-state index is 0.0322. The summed E-state index contributed by atoms with van der Waals surface area (Å²) in [6.45, 7) is 1.34. The first-order chi connectivity index (χ1) is 23.6. The van der Waals surface area contributed by atoms with Crippen molar-refractivity contribution in [3.63, 3.8) is 0 Å². The third-order valence-corrected chi connectivity index (χ3v) is 13.8. The largest absolute Gasteiger partial charge is 0.491 e. The van der Waals surface area contributed by atoms with Crippen molar-refractivity contribution in [1.82, 2.24) is 4.98 Å². The summed E-state index contributed by atoms with van der Waals surface area (Å²) in [4.78, 5) is 6.16. The lowest BCUT2D eigenvalue weighted by Crippen LogP contribution is -2.43. The van der Waals surface area contributed by atoms with E-state index < -0.39 is 20.0 Å². The molecule has 1 aromatic heterocycles. The van der Waals surface area contributed by atoms with Gasteiger partial charge in [-0.1, -0.05) is 56.1 Å². The van der Waals surface area contributed by atoms with Gasteiger partial charge in [0.1, 0.15) is 12.4 Å². The zero-order valence-corrected chi connectivity index (χ0v) is 30.9. The first-order valence-electron chi connectivity index (χ1n) is 15.7. The Bertz CT molecular complexity index is 2260. The fraction of sp³-hybridized carbons (Fsp3) is 0.162. The Labute approximate surface area is 302 Å². The molecule has 0 N–H and O–H groups in total. The van der Waals surface area contributed by atoms with E-state index >= 15 is 0 Å². The molecule has 5 aromatic carbocycles. The van der Waals surface area contributed by atoms with Crippen molar-refractivity contribution in [2.75, 3.05) is 21.8 Å². The Hall–Kier alpha value is -3.97. The highest BCUT2D eigenvalue weighted by atomic mass is 79.9. The molecule has 12 heteroatoms. The second-order valence-electron chi connectivity index (χ2n) is 11.9. The van der Waals surface area contributed by atoms with Crippen LogP contribution >= 0.6 is 31.9 Å². The zero-order valence-electron chi connectivity index (χ0n) is 26.1. The third kappa shape index (κ3) is 6.92. The van der Waals surface area contributed by atoms with Crippen LogP contribution in [0.2, 0.25) is 0 Å². The van der Waals surface area contributed by atoms with Gasteiger partial charge in [0.2, 0.25) is 0 Å². The molecule has 49 heavy (non-hydrogen) atoms. The van der Waals surface area contributed by atoms with Crippen molar-refractivity contribution in [3.8, 4) is 5.75 Å². The van der Waals surface area contributed by atoms with E-state index in [1.807, 2.05) is 36.4 Å². The van der Waals surface area contributed by atoms with Crippen LogP contribution in [-0.2, 0) is 20.0 Å². The van der Waals surface area contributed by atoms with Crippen LogP contribution in [0.15, 0.2) is 140 Å². The second-order valence-corrected chi connectivity index (χ2v) is 17.5. The van der Waals surface area contributed by atoms with Crippen LogP contribution in [0, 0.1) is 0 Å². The summed E-state index contributed by atoms with van der Waals surface area (Å²) in [5, 5.41) is 2.94. The molecule has 1 unspecified atom stereocenters. The average molecular weight is 822 g/mol. The molecule has 0 saturated carbocycles. The van der Waals surface area contributed by atoms with Gasteiger partial charge in [-0.2, -0.15) is 3.71 Å². The quantitative estimate of drug-likeness (QED) is 0.144. The number of sulfonamides is 2. The van der Waals surface area contributed by atoms with Crippen molar-refractivity contribution >= 4 is 84.8 Å². The molecule has 7 rings (SSSR count). The van der Waals surface area contributed by atoms with Gasteiger partial charge in [0.15, 0.2) is 0 Å². The number of rotatable bonds is 9. The predicted octanol–water partition coefficient (Wildman–Crippen LogP) is 8.94. The van der Waals surface area contributed by atoms with Crippen LogP contribution in [0.4, 0.5) is 11.4 Å². The fourth-order valence-corrected chi connectivity index (χ4v) is 10.7. The van der Waals surface area contributed by atoms with E-state index in [1.165, 1.54) is 36.4 Å². The Kier molecular flexibility index (Phi) is 9.40. The minimum atomic E-state index is -4.63. The lowest BCUT2D eigenvalue weighted by molar-refractivity contribution is 0.260. The van der Waals surface area contributed by atoms with Crippen LogP contribution in [0.25, 0.3) is 21.5 Å². The van der Waals surface area contributed by atoms with Gasteiger partial charge >= 0.3 is 0 Å². The van der Waals surface area contributed by atoms with E-state index in [-0.39, 0.29) is 21.5 Å². The molecule has 0 radical (unpaired) electrons. The molecule has 2 heterocycles. The summed E-state index contributed by atoms with van der Waals surface area (Å²) in [6, 6.07) is 30.4. The minimum Gasteiger partial charge on any atom is -0.491 e. The van der Waals surface area contributed by atoms with Crippen LogP contribution in [0.3, 0.4) is 0 Å². The molecule has 1 fully saturated rings. The van der Waals surface area contributed by atoms with Crippen molar-refractivity contribution in [3.05, 3.63) is 131 Å². The van der Waals surface area contributed by atoms with Gasteiger partial charge in [-0.25, -0.2) is 16.8 Å². The molecular weight excluding hydrogens is 790 g/mol. The van der Waals surface area contributed by atoms with E-state index in [9.17, 15) is 16.8 Å². The summed E-state index contributed by atoms with van der Waals surface area (Å²) in [7, 11) is -9.26. The second kappa shape index (κ2) is 13.7. The Balaban J connectivity index is 1.24. The molecule has 8 nitrogen and oxygen atoms in total. The number of hydrogen-bond acceptors (Lipinski definition) is 7. The normalized spacial score (nSPS) is 15.4. The summed E-state index contributed by atoms with van der Waals surface area (Å²) in [6.07, 6.45) is 6.72. The van der Waals surface area contributed by atoms with Crippen LogP contribution in [0.1, 0.15) is 19.3 Å². The number of fused-ring (bicyclic) bond motifs is 2. The number of aromatic nitrogens is 1. The summed E-state index contributed by atoms with van der Waals surface area (Å²) in [5.74, 6) is 0.506. The van der Waals surface area contributed by atoms with Gasteiger partial charge in [-0.15, -0.1) is 0 Å². The first-order valence-corrected chi connectivity index (χ1v) is 20.1. The average Bonchev–Trinajstić information content (AvgIpc) is 3.11. The number of hydrogen-bond donors (Lipinski definition) is 0. The standard InChI is InChI=1S/C37H31Br2N3O5S2/c38-30-8-4-28-23-36(14-6-26(28)21-30)48(43,44)42(49(45,46)37-15-7-27-22-31(39)9-5-29(27)24-37)33-10-12-35(13-11-33)47-25-34-3-1-2-20-41(34)32-16-18-40-19-17-32/h4-19,21-24,34H,1-3,20,25H2. The number of pyridine rings is 1. The van der Waals surface area contributed by atoms with Crippen molar-refractivity contribution < 1.29 is 21.6 Å². The number of halogens is 2. The lowest BCUT2D eigenvalue weighted by atomic mass is 10.0. The number of benzene rings is 5. The van der Waals surface area contributed by atoms with Gasteiger partial charge in [0, 0.05) is 33.6 Å². The van der Waals surface area contributed by atoms with Crippen molar-refractivity contribution in [2.45, 2.75) is 35.1 Å². The molecule has 0 amide bonds. The fourth-order valence-electron chi connectivity index (χ4n) is 6.21. The molecule has 0 spiro atoms. The monoisotopic (exact) mass is 819 g/mol. The van der Waals surface area contributed by atoms with Crippen molar-refractivity contribution in [1.29, 1.82) is 0 Å². The highest BCUT2D eigenvalue weighted by Gasteiger charge is 2.37. The SMILES string of the molecule is O=S(=O)(c1ccc2cc(Br)ccc2c1)N(c1ccc(OCC2CCCCN2c2ccncc2)cc1)S(=O)(=O)c1ccc2cc(Br)ccc2c1. The Morgan fingerprint density at radius 1 is 0.673 bits per heavy atom. The smallest absolute Gasteiger partial charge is 0.277 e. The van der Waals surface area contributed by atoms with E-state index in [0.717, 1.165) is 51.2 Å². The number of ether oxygens (including phenoxy) is 1. The molecular formula is C37H31Br2N3O5S2. The lowest BCUT2D eigenvalue weighted by Gasteiger charge is -2.37. The number of anilines is 2. The van der Waals surface area contributed by atoms with E-state index in [0.29, 0.717) is 26.8 Å². The summed E-state index contributed by atoms with van der Waals surface area (Å²) < 4.78 is 66.2. The summed E-state index contributed by atoms with van der Waals surface area (Å²) in [5.41, 5.74) is 1.06. The third-order valence-electron chi connectivity index (χ3n) is 8.69. The first kappa shape index (κ1) is 33.5. The molecule has 1 aliphatic rings. The molecule has 1 saturated heterocycles. The highest BCUT2D eigenvalue weighted by Crippen LogP contribution is 2.35. The predicted molar refractivity (Wildman–Crippen MR) is 201 cm³/mol. The van der Waals surface area contributed by atoms with Gasteiger partial charge in [-0.05, 0) is 126 Å². The maximum Gasteiger partial charge on any atom is 0.277 e. The van der Waals surface area contributed by atoms with Crippen LogP contribution in [-0.4, -0.2) is 41.0 Å². The van der Waals surface area contributed by atoms with Gasteiger partial charge < -0.3 is 9.64 Å². The maximum absolute atomic E-state index is 14.4. The molecule has 1 aliphatic heterocycles. The van der Waals surface area contributed by atoms with E-state index in [1.54, 1.807) is 48.8 Å². The Morgan fingerprint density at radius 3 is 1.78 bits per heavy atom. The molecule has 250 valence electrons. The van der Waals surface area contributed by atoms with Crippen LogP contribution in [0.5, 0.6) is 5.75 Å². The van der Waals surface area contributed by atoms with E-state index in [4.69, 9.17) is 4.74 Å². The summed E-state index contributed by atoms with van der Waals surface area (Å²) >= 11 is 6.89. The maximum atomic E-state index is 14.4. The number of piperidine rings is 1. The molecule has 1 atom stereocenters. The number of nitrogens with zero attached hydrogens (tertiary/aromatic N) is 3. The van der Waals surface area contributed by atoms with Gasteiger partial charge in [-0.3, -0.25) is 4.98 Å². The molecule has 0 bridgehead atoms. The van der Waals surface area contributed by atoms with Crippen molar-refractivity contribution in [2.24, 2.45) is 0 Å². The van der Waals surface area contributed by atoms with Gasteiger partial charge in [0.05, 0.1) is 21.5 Å². The molecule has 6 aromatic rings. The highest BCUT2D eigenvalue weighted by molar-refractivity contribution is 9.10. The van der Waals surface area contributed by atoms with Gasteiger partial charge in [0.25, 0.3) is 20.0 Å². The Morgan fingerprint density at radius 2 is 1.20 bits per heavy atom. The van der Waals surface area contributed by atoms with E-state index in [2.05, 4.69) is 41.7 Å². The molecule has 0 aliphatic carbocycles. The topological polar surface area (TPSA) is 96.9 Å². The zero-order chi connectivity index (χ0) is 34.2. The van der Waals surface area contributed by atoms with Crippen LogP contribution < -0.4 is 13.3 Å².